The Morgan fingerprint density at radius 3 is 2.62 bits per heavy atom. The van der Waals surface area contributed by atoms with Crippen molar-refractivity contribution >= 4 is 21.9 Å². The van der Waals surface area contributed by atoms with Crippen LogP contribution in [0.1, 0.15) is 19.4 Å². The molecule has 1 aromatic carbocycles. The number of ether oxygens (including phenoxy) is 1. The van der Waals surface area contributed by atoms with Crippen molar-refractivity contribution in [2.75, 3.05) is 0 Å². The molecule has 0 aliphatic rings. The number of esters is 1. The first-order chi connectivity index (χ1) is 7.52. The minimum atomic E-state index is -0.553. The molecule has 0 fully saturated rings. The summed E-state index contributed by atoms with van der Waals surface area (Å²) in [6.07, 6.45) is 0. The highest BCUT2D eigenvalue weighted by molar-refractivity contribution is 9.10. The molecule has 4 heteroatoms. The first kappa shape index (κ1) is 13.2. The first-order valence-corrected chi connectivity index (χ1v) is 5.97. The van der Waals surface area contributed by atoms with E-state index in [1.807, 2.05) is 38.1 Å². The summed E-state index contributed by atoms with van der Waals surface area (Å²) in [5, 5.41) is 0. The van der Waals surface area contributed by atoms with Crippen LogP contribution in [0.5, 0.6) is 0 Å². The molecule has 0 saturated heterocycles. The summed E-state index contributed by atoms with van der Waals surface area (Å²) in [5.74, 6) is -0.266. The summed E-state index contributed by atoms with van der Waals surface area (Å²) in [5.41, 5.74) is 6.61. The standard InChI is InChI=1S/C12H16BrNO2/c1-8(2)11(14)12(15)16-7-9-5-3-4-6-10(9)13/h3-6,8,11H,7,14H2,1-2H3/t11-/m1/s1. The molecule has 0 aliphatic carbocycles. The lowest BCUT2D eigenvalue weighted by atomic mass is 10.1. The van der Waals surface area contributed by atoms with E-state index in [9.17, 15) is 4.79 Å². The van der Waals surface area contributed by atoms with E-state index in [4.69, 9.17) is 10.5 Å². The van der Waals surface area contributed by atoms with E-state index < -0.39 is 6.04 Å². The average Bonchev–Trinajstić information content (AvgIpc) is 2.26. The Hall–Kier alpha value is -0.870. The third kappa shape index (κ3) is 3.61. The quantitative estimate of drug-likeness (QED) is 0.865. The van der Waals surface area contributed by atoms with Gasteiger partial charge in [-0.25, -0.2) is 0 Å². The highest BCUT2D eigenvalue weighted by Gasteiger charge is 2.18. The molecule has 2 N–H and O–H groups in total. The van der Waals surface area contributed by atoms with Gasteiger partial charge in [-0.2, -0.15) is 0 Å². The normalized spacial score (nSPS) is 12.6. The highest BCUT2D eigenvalue weighted by atomic mass is 79.9. The van der Waals surface area contributed by atoms with Gasteiger partial charge in [-0.1, -0.05) is 48.0 Å². The molecule has 1 atom stereocenters. The van der Waals surface area contributed by atoms with Gasteiger partial charge in [-0.15, -0.1) is 0 Å². The van der Waals surface area contributed by atoms with Crippen molar-refractivity contribution in [3.8, 4) is 0 Å². The second-order valence-corrected chi connectivity index (χ2v) is 4.82. The van der Waals surface area contributed by atoms with Crippen LogP contribution >= 0.6 is 15.9 Å². The SMILES string of the molecule is CC(C)[C@@H](N)C(=O)OCc1ccccc1Br. The van der Waals surface area contributed by atoms with Crippen molar-refractivity contribution in [3.63, 3.8) is 0 Å². The molecular weight excluding hydrogens is 270 g/mol. The number of nitrogens with two attached hydrogens (primary N) is 1. The molecule has 0 unspecified atom stereocenters. The Balaban J connectivity index is 2.52. The molecule has 0 aliphatic heterocycles. The summed E-state index contributed by atoms with van der Waals surface area (Å²) < 4.78 is 6.07. The Bertz CT molecular complexity index is 366. The predicted octanol–water partition coefficient (Wildman–Crippen LogP) is 2.48. The molecular formula is C12H16BrNO2. The number of carbonyl (C=O) groups is 1. The largest absolute Gasteiger partial charge is 0.460 e. The number of hydrogen-bond acceptors (Lipinski definition) is 3. The fraction of sp³-hybridized carbons (Fsp3) is 0.417. The molecule has 0 aromatic heterocycles. The smallest absolute Gasteiger partial charge is 0.323 e. The lowest BCUT2D eigenvalue weighted by Crippen LogP contribution is -2.36. The van der Waals surface area contributed by atoms with E-state index in [-0.39, 0.29) is 18.5 Å². The van der Waals surface area contributed by atoms with Gasteiger partial charge < -0.3 is 10.5 Å². The fourth-order valence-electron chi connectivity index (χ4n) is 1.13. The number of carbonyl (C=O) groups excluding carboxylic acids is 1. The van der Waals surface area contributed by atoms with E-state index in [1.54, 1.807) is 0 Å². The predicted molar refractivity (Wildman–Crippen MR) is 66.8 cm³/mol. The van der Waals surface area contributed by atoms with Gasteiger partial charge in [0.25, 0.3) is 0 Å². The van der Waals surface area contributed by atoms with Crippen LogP contribution in [0.2, 0.25) is 0 Å². The lowest BCUT2D eigenvalue weighted by molar-refractivity contribution is -0.147. The van der Waals surface area contributed by atoms with Crippen LogP contribution in [0.15, 0.2) is 28.7 Å². The topological polar surface area (TPSA) is 52.3 Å². The Kier molecular flexibility index (Phi) is 4.96. The third-order valence-electron chi connectivity index (χ3n) is 2.32. The average molecular weight is 286 g/mol. The summed E-state index contributed by atoms with van der Waals surface area (Å²) in [6, 6.07) is 7.07. The molecule has 0 bridgehead atoms. The summed E-state index contributed by atoms with van der Waals surface area (Å²) >= 11 is 3.39. The van der Waals surface area contributed by atoms with Gasteiger partial charge in [-0.05, 0) is 12.0 Å². The number of hydrogen-bond donors (Lipinski definition) is 1. The number of benzene rings is 1. The zero-order valence-electron chi connectivity index (χ0n) is 9.44. The maximum Gasteiger partial charge on any atom is 0.323 e. The van der Waals surface area contributed by atoms with E-state index in [0.29, 0.717) is 0 Å². The van der Waals surface area contributed by atoms with Crippen LogP contribution < -0.4 is 5.73 Å². The van der Waals surface area contributed by atoms with Crippen molar-refractivity contribution in [1.82, 2.24) is 0 Å². The Morgan fingerprint density at radius 1 is 1.44 bits per heavy atom. The molecule has 88 valence electrons. The Morgan fingerprint density at radius 2 is 2.06 bits per heavy atom. The molecule has 16 heavy (non-hydrogen) atoms. The number of rotatable bonds is 4. The maximum absolute atomic E-state index is 11.5. The first-order valence-electron chi connectivity index (χ1n) is 5.18. The van der Waals surface area contributed by atoms with Crippen molar-refractivity contribution in [2.24, 2.45) is 11.7 Å². The number of halogens is 1. The third-order valence-corrected chi connectivity index (χ3v) is 3.09. The molecule has 1 rings (SSSR count). The molecule has 0 heterocycles. The van der Waals surface area contributed by atoms with E-state index in [0.717, 1.165) is 10.0 Å². The van der Waals surface area contributed by atoms with Crippen molar-refractivity contribution in [2.45, 2.75) is 26.5 Å². The van der Waals surface area contributed by atoms with Crippen LogP contribution in [0.25, 0.3) is 0 Å². The van der Waals surface area contributed by atoms with Gasteiger partial charge in [0.2, 0.25) is 0 Å². The maximum atomic E-state index is 11.5. The fourth-order valence-corrected chi connectivity index (χ4v) is 1.53. The molecule has 0 spiro atoms. The van der Waals surface area contributed by atoms with Crippen molar-refractivity contribution < 1.29 is 9.53 Å². The van der Waals surface area contributed by atoms with Crippen LogP contribution in [0.4, 0.5) is 0 Å². The molecule has 0 amide bonds. The van der Waals surface area contributed by atoms with Crippen LogP contribution in [-0.4, -0.2) is 12.0 Å². The van der Waals surface area contributed by atoms with Gasteiger partial charge >= 0.3 is 5.97 Å². The monoisotopic (exact) mass is 285 g/mol. The summed E-state index contributed by atoms with van der Waals surface area (Å²) in [7, 11) is 0. The van der Waals surface area contributed by atoms with Crippen LogP contribution in [0.3, 0.4) is 0 Å². The second kappa shape index (κ2) is 6.01. The molecule has 1 aromatic rings. The van der Waals surface area contributed by atoms with E-state index in [2.05, 4.69) is 15.9 Å². The zero-order chi connectivity index (χ0) is 12.1. The van der Waals surface area contributed by atoms with Gasteiger partial charge in [0, 0.05) is 10.0 Å². The summed E-state index contributed by atoms with van der Waals surface area (Å²) in [4.78, 5) is 11.5. The molecule has 0 radical (unpaired) electrons. The van der Waals surface area contributed by atoms with Gasteiger partial charge in [-0.3, -0.25) is 4.79 Å². The van der Waals surface area contributed by atoms with Crippen LogP contribution in [-0.2, 0) is 16.1 Å². The van der Waals surface area contributed by atoms with E-state index >= 15 is 0 Å². The zero-order valence-corrected chi connectivity index (χ0v) is 11.0. The highest BCUT2D eigenvalue weighted by Crippen LogP contribution is 2.17. The lowest BCUT2D eigenvalue weighted by Gasteiger charge is -2.14. The van der Waals surface area contributed by atoms with E-state index in [1.165, 1.54) is 0 Å². The van der Waals surface area contributed by atoms with Crippen molar-refractivity contribution in [3.05, 3.63) is 34.3 Å². The molecule has 3 nitrogen and oxygen atoms in total. The van der Waals surface area contributed by atoms with Crippen molar-refractivity contribution in [1.29, 1.82) is 0 Å². The molecule has 0 saturated carbocycles. The van der Waals surface area contributed by atoms with Crippen LogP contribution in [0, 0.1) is 5.92 Å². The van der Waals surface area contributed by atoms with Gasteiger partial charge in [0.15, 0.2) is 0 Å². The minimum absolute atomic E-state index is 0.0896. The van der Waals surface area contributed by atoms with Gasteiger partial charge in [0.1, 0.15) is 12.6 Å². The summed E-state index contributed by atoms with van der Waals surface area (Å²) in [6.45, 7) is 4.04. The minimum Gasteiger partial charge on any atom is -0.460 e. The Labute approximate surface area is 104 Å². The second-order valence-electron chi connectivity index (χ2n) is 3.97. The van der Waals surface area contributed by atoms with Gasteiger partial charge in [0.05, 0.1) is 0 Å².